The lowest BCUT2D eigenvalue weighted by molar-refractivity contribution is 0.153. The molecule has 0 spiro atoms. The number of hydrogen-bond donors (Lipinski definition) is 3. The van der Waals surface area contributed by atoms with Gasteiger partial charge >= 0.3 is 6.03 Å². The second-order valence-electron chi connectivity index (χ2n) is 8.80. The first-order valence-electron chi connectivity index (χ1n) is 12.3. The predicted molar refractivity (Wildman–Crippen MR) is 139 cm³/mol. The summed E-state index contributed by atoms with van der Waals surface area (Å²) in [4.78, 5) is 25.2. The number of carbonyl (C=O) groups is 1. The van der Waals surface area contributed by atoms with E-state index >= 15 is 0 Å². The van der Waals surface area contributed by atoms with E-state index in [4.69, 9.17) is 15.2 Å². The number of likely N-dealkylation sites (N-methyl/N-ethyl adjacent to an activating group) is 1. The highest BCUT2D eigenvalue weighted by Crippen LogP contribution is 2.38. The lowest BCUT2D eigenvalue weighted by Gasteiger charge is -2.41. The Kier molecular flexibility index (Phi) is 7.94. The smallest absolute Gasteiger partial charge is 0.313 e. The van der Waals surface area contributed by atoms with Crippen molar-refractivity contribution in [2.45, 2.75) is 25.8 Å². The van der Waals surface area contributed by atoms with E-state index in [1.165, 1.54) is 6.33 Å². The van der Waals surface area contributed by atoms with Crippen molar-refractivity contribution in [3.63, 3.8) is 0 Å². The molecule has 1 fully saturated rings. The molecule has 0 saturated carbocycles. The number of primary amides is 1. The minimum Gasteiger partial charge on any atom is -0.499 e. The van der Waals surface area contributed by atoms with E-state index < -0.39 is 11.6 Å². The molecule has 2 aliphatic rings. The summed E-state index contributed by atoms with van der Waals surface area (Å²) in [6.45, 7) is 9.88. The molecule has 10 heteroatoms. The van der Waals surface area contributed by atoms with Gasteiger partial charge in [-0.15, -0.1) is 0 Å². The van der Waals surface area contributed by atoms with E-state index in [0.717, 1.165) is 56.3 Å². The van der Waals surface area contributed by atoms with Crippen LogP contribution in [0.15, 0.2) is 60.3 Å². The van der Waals surface area contributed by atoms with Crippen molar-refractivity contribution in [2.24, 2.45) is 5.73 Å². The second kappa shape index (κ2) is 11.3. The number of piperazine rings is 1. The minimum absolute atomic E-state index is 0.439. The Morgan fingerprint density at radius 1 is 1.14 bits per heavy atom. The number of nitrogens with zero attached hydrogens (tertiary/aromatic N) is 4. The van der Waals surface area contributed by atoms with Crippen LogP contribution in [0.1, 0.15) is 25.8 Å². The summed E-state index contributed by atoms with van der Waals surface area (Å²) < 4.78 is 11.8. The van der Waals surface area contributed by atoms with E-state index in [-0.39, 0.29) is 0 Å². The molecule has 192 valence electrons. The van der Waals surface area contributed by atoms with Gasteiger partial charge in [0.05, 0.1) is 18.3 Å². The maximum Gasteiger partial charge on any atom is 0.313 e. The highest BCUT2D eigenvalue weighted by Gasteiger charge is 2.37. The van der Waals surface area contributed by atoms with Gasteiger partial charge in [0.2, 0.25) is 5.88 Å². The van der Waals surface area contributed by atoms with Gasteiger partial charge in [-0.05, 0) is 37.2 Å². The lowest BCUT2D eigenvalue weighted by atomic mass is 9.82. The monoisotopic (exact) mass is 493 g/mol. The number of nitrogens with one attached hydrogen (secondary N) is 2. The summed E-state index contributed by atoms with van der Waals surface area (Å²) in [5.74, 6) is 2.56. The molecule has 0 bridgehead atoms. The molecule has 1 aliphatic carbocycles. The van der Waals surface area contributed by atoms with Crippen molar-refractivity contribution in [3.8, 4) is 11.6 Å². The summed E-state index contributed by atoms with van der Waals surface area (Å²) in [5.41, 5.74) is 6.69. The molecule has 2 heterocycles. The number of methoxy groups -OCH3 is 1. The molecule has 4 N–H and O–H groups in total. The van der Waals surface area contributed by atoms with Crippen LogP contribution < -0.4 is 21.1 Å². The fraction of sp³-hybridized carbons (Fsp3) is 0.423. The van der Waals surface area contributed by atoms with E-state index in [1.54, 1.807) is 13.2 Å². The molecular weight excluding hydrogens is 458 g/mol. The Morgan fingerprint density at radius 2 is 1.89 bits per heavy atom. The van der Waals surface area contributed by atoms with E-state index in [0.29, 0.717) is 23.9 Å². The van der Waals surface area contributed by atoms with Crippen LogP contribution in [0.25, 0.3) is 0 Å². The van der Waals surface area contributed by atoms with Gasteiger partial charge in [0.15, 0.2) is 0 Å². The fourth-order valence-electron chi connectivity index (χ4n) is 4.67. The van der Waals surface area contributed by atoms with Gasteiger partial charge in [0, 0.05) is 45.2 Å². The van der Waals surface area contributed by atoms with Gasteiger partial charge in [-0.3, -0.25) is 0 Å². The number of rotatable bonds is 9. The lowest BCUT2D eigenvalue weighted by Crippen LogP contribution is -2.50. The maximum absolute atomic E-state index is 12.0. The molecule has 36 heavy (non-hydrogen) atoms. The number of benzene rings is 1. The Morgan fingerprint density at radius 3 is 2.53 bits per heavy atom. The van der Waals surface area contributed by atoms with Crippen molar-refractivity contribution in [1.29, 1.82) is 0 Å². The fourth-order valence-corrected chi connectivity index (χ4v) is 4.67. The maximum atomic E-state index is 12.0. The number of anilines is 1. The number of carbonyl (C=O) groups excluding carboxylic acids is 1. The Balaban J connectivity index is 1.55. The zero-order chi connectivity index (χ0) is 25.5. The quantitative estimate of drug-likeness (QED) is 0.488. The van der Waals surface area contributed by atoms with Gasteiger partial charge in [-0.25, -0.2) is 14.8 Å². The molecule has 1 aromatic carbocycles. The Bertz CT molecular complexity index is 1110. The van der Waals surface area contributed by atoms with Crippen LogP contribution in [0, 0.1) is 0 Å². The first kappa shape index (κ1) is 25.3. The van der Waals surface area contributed by atoms with Crippen molar-refractivity contribution in [2.75, 3.05) is 51.7 Å². The second-order valence-corrected chi connectivity index (χ2v) is 8.80. The summed E-state index contributed by atoms with van der Waals surface area (Å²) in [6.07, 6.45) is 5.95. The van der Waals surface area contributed by atoms with Crippen LogP contribution >= 0.6 is 0 Å². The van der Waals surface area contributed by atoms with E-state index in [9.17, 15) is 4.79 Å². The number of allylic oxidation sites excluding steroid dienone is 1. The normalized spacial score (nSPS) is 20.2. The summed E-state index contributed by atoms with van der Waals surface area (Å²) >= 11 is 0. The molecule has 1 unspecified atom stereocenters. The van der Waals surface area contributed by atoms with Crippen LogP contribution in [0.4, 0.5) is 10.6 Å². The van der Waals surface area contributed by atoms with Crippen LogP contribution in [-0.4, -0.2) is 72.2 Å². The topological polar surface area (TPSA) is 118 Å². The first-order valence-corrected chi connectivity index (χ1v) is 12.3. The number of ether oxygens (including phenoxy) is 2. The van der Waals surface area contributed by atoms with Crippen LogP contribution in [0.3, 0.4) is 0 Å². The third kappa shape index (κ3) is 5.71. The van der Waals surface area contributed by atoms with Crippen molar-refractivity contribution < 1.29 is 14.3 Å². The summed E-state index contributed by atoms with van der Waals surface area (Å²) in [5, 5.41) is 6.09. The predicted octanol–water partition coefficient (Wildman–Crippen LogP) is 3.02. The van der Waals surface area contributed by atoms with Crippen LogP contribution in [0.5, 0.6) is 11.6 Å². The van der Waals surface area contributed by atoms with Gasteiger partial charge < -0.3 is 35.6 Å². The highest BCUT2D eigenvalue weighted by atomic mass is 16.5. The molecular formula is C26H35N7O3. The standard InChI is InChI=1S/C26H35N7O3/c1-4-28-23-16-24(30-18-29-23)36-20-8-6-19(7-9-20)26(31-25(27)34)11-10-21(22(17-26)35-3)33-14-12-32(5-2)13-15-33/h6-11,16,18H,4-5,12-15,17H2,1-3H3,(H3,27,31,34)(H,28,29,30). The molecule has 2 amide bonds. The summed E-state index contributed by atoms with van der Waals surface area (Å²) in [6, 6.07) is 8.67. The van der Waals surface area contributed by atoms with Gasteiger partial charge in [0.1, 0.15) is 23.7 Å². The van der Waals surface area contributed by atoms with Crippen LogP contribution in [-0.2, 0) is 10.3 Å². The number of nitrogens with two attached hydrogens (primary N) is 1. The molecule has 1 saturated heterocycles. The zero-order valence-electron chi connectivity index (χ0n) is 21.2. The van der Waals surface area contributed by atoms with Crippen molar-refractivity contribution >= 4 is 11.8 Å². The SMILES string of the molecule is CCNc1cc(Oc2ccc(C3(NC(N)=O)C=CC(N4CCN(CC)CC4)=C(OC)C3)cc2)ncn1. The molecule has 2 aromatic rings. The molecule has 1 aromatic heterocycles. The Labute approximate surface area is 212 Å². The van der Waals surface area contributed by atoms with Crippen LogP contribution in [0.2, 0.25) is 0 Å². The Hall–Kier alpha value is -3.79. The molecule has 1 atom stereocenters. The number of amides is 2. The first-order chi connectivity index (χ1) is 17.5. The van der Waals surface area contributed by atoms with E-state index in [2.05, 4.69) is 37.3 Å². The third-order valence-corrected chi connectivity index (χ3v) is 6.60. The number of hydrogen-bond acceptors (Lipinski definition) is 8. The largest absolute Gasteiger partial charge is 0.499 e. The number of aromatic nitrogens is 2. The molecule has 1 aliphatic heterocycles. The number of urea groups is 1. The van der Waals surface area contributed by atoms with Crippen molar-refractivity contribution in [1.82, 2.24) is 25.1 Å². The highest BCUT2D eigenvalue weighted by molar-refractivity contribution is 5.74. The van der Waals surface area contributed by atoms with Gasteiger partial charge in [0.25, 0.3) is 0 Å². The average molecular weight is 494 g/mol. The third-order valence-electron chi connectivity index (χ3n) is 6.60. The zero-order valence-corrected chi connectivity index (χ0v) is 21.2. The van der Waals surface area contributed by atoms with Crippen molar-refractivity contribution in [3.05, 3.63) is 65.8 Å². The van der Waals surface area contributed by atoms with Gasteiger partial charge in [-0.1, -0.05) is 25.1 Å². The van der Waals surface area contributed by atoms with E-state index in [1.807, 2.05) is 43.3 Å². The molecule has 0 radical (unpaired) electrons. The average Bonchev–Trinajstić information content (AvgIpc) is 2.89. The minimum atomic E-state index is -0.836. The van der Waals surface area contributed by atoms with Gasteiger partial charge in [-0.2, -0.15) is 0 Å². The summed E-state index contributed by atoms with van der Waals surface area (Å²) in [7, 11) is 1.67. The molecule has 4 rings (SSSR count). The molecule has 10 nitrogen and oxygen atoms in total.